The summed E-state index contributed by atoms with van der Waals surface area (Å²) in [5.74, 6) is 0.879. The fraction of sp³-hybridized carbons (Fsp3) is 0.154. The smallest absolute Gasteiger partial charge is 0.260 e. The monoisotopic (exact) mass is 413 g/mol. The molecule has 156 valence electrons. The van der Waals surface area contributed by atoms with Crippen molar-refractivity contribution >= 4 is 16.9 Å². The molecule has 0 radical (unpaired) electrons. The van der Waals surface area contributed by atoms with E-state index in [4.69, 9.17) is 9.15 Å². The van der Waals surface area contributed by atoms with Gasteiger partial charge in [-0.25, -0.2) is 0 Å². The van der Waals surface area contributed by atoms with Gasteiger partial charge in [-0.3, -0.25) is 9.59 Å². The third-order valence-corrected chi connectivity index (χ3v) is 5.15. The zero-order valence-corrected chi connectivity index (χ0v) is 17.5. The molecule has 5 heteroatoms. The molecule has 0 N–H and O–H groups in total. The summed E-state index contributed by atoms with van der Waals surface area (Å²) in [5, 5.41) is 0.476. The highest BCUT2D eigenvalue weighted by atomic mass is 16.5. The van der Waals surface area contributed by atoms with Gasteiger partial charge in [-0.1, -0.05) is 60.7 Å². The summed E-state index contributed by atoms with van der Waals surface area (Å²) in [4.78, 5) is 27.1. The van der Waals surface area contributed by atoms with Crippen molar-refractivity contribution in [1.82, 2.24) is 4.90 Å². The van der Waals surface area contributed by atoms with E-state index in [1.165, 1.54) is 0 Å². The first kappa shape index (κ1) is 20.4. The molecular weight excluding hydrogens is 390 g/mol. The average molecular weight is 413 g/mol. The van der Waals surface area contributed by atoms with Gasteiger partial charge in [0.25, 0.3) is 5.91 Å². The maximum atomic E-state index is 13.0. The van der Waals surface area contributed by atoms with Crippen molar-refractivity contribution in [2.45, 2.75) is 13.5 Å². The topological polar surface area (TPSA) is 59.8 Å². The molecule has 1 heterocycles. The lowest BCUT2D eigenvalue weighted by Gasteiger charge is -2.17. The first-order valence-electron chi connectivity index (χ1n) is 10.1. The van der Waals surface area contributed by atoms with Gasteiger partial charge in [-0.15, -0.1) is 0 Å². The number of nitrogens with zero attached hydrogens (tertiary/aromatic N) is 1. The minimum absolute atomic E-state index is 0.0878. The quantitative estimate of drug-likeness (QED) is 0.455. The molecule has 0 saturated heterocycles. The van der Waals surface area contributed by atoms with Crippen molar-refractivity contribution in [1.29, 1.82) is 0 Å². The van der Waals surface area contributed by atoms with Gasteiger partial charge in [0, 0.05) is 19.7 Å². The van der Waals surface area contributed by atoms with Crippen LogP contribution in [-0.4, -0.2) is 24.5 Å². The van der Waals surface area contributed by atoms with Gasteiger partial charge in [0.05, 0.1) is 10.9 Å². The van der Waals surface area contributed by atoms with E-state index in [1.54, 1.807) is 37.1 Å². The zero-order valence-electron chi connectivity index (χ0n) is 17.5. The summed E-state index contributed by atoms with van der Waals surface area (Å²) in [6, 6.07) is 24.3. The van der Waals surface area contributed by atoms with Crippen LogP contribution < -0.4 is 10.2 Å². The number of carbonyl (C=O) groups excluding carboxylic acids is 1. The van der Waals surface area contributed by atoms with E-state index >= 15 is 0 Å². The largest absolute Gasteiger partial charge is 0.484 e. The highest BCUT2D eigenvalue weighted by Crippen LogP contribution is 2.26. The molecule has 4 aromatic rings. The third kappa shape index (κ3) is 4.51. The Hall–Kier alpha value is -3.86. The minimum Gasteiger partial charge on any atom is -0.484 e. The van der Waals surface area contributed by atoms with E-state index in [9.17, 15) is 9.59 Å². The lowest BCUT2D eigenvalue weighted by molar-refractivity contribution is -0.132. The Labute approximate surface area is 180 Å². The summed E-state index contributed by atoms with van der Waals surface area (Å²) < 4.78 is 11.6. The molecule has 1 aromatic heterocycles. The lowest BCUT2D eigenvalue weighted by Crippen LogP contribution is -2.30. The number of likely N-dealkylation sites (N-methyl/N-ethyl adjacent to an activating group) is 1. The Bertz CT molecular complexity index is 1260. The Balaban J connectivity index is 1.51. The Morgan fingerprint density at radius 1 is 0.968 bits per heavy atom. The van der Waals surface area contributed by atoms with Crippen LogP contribution in [0.15, 0.2) is 88.1 Å². The predicted molar refractivity (Wildman–Crippen MR) is 121 cm³/mol. The molecule has 31 heavy (non-hydrogen) atoms. The van der Waals surface area contributed by atoms with E-state index in [-0.39, 0.29) is 17.9 Å². The number of aryl methyl sites for hydroxylation is 1. The van der Waals surface area contributed by atoms with Gasteiger partial charge >= 0.3 is 0 Å². The predicted octanol–water partition coefficient (Wildman–Crippen LogP) is 4.81. The SMILES string of the molecule is Cc1oc2cc(OCC(=O)N(C)Cc3ccccc3)ccc2c(=O)c1-c1ccccc1. The van der Waals surface area contributed by atoms with Crippen LogP contribution in [-0.2, 0) is 11.3 Å². The summed E-state index contributed by atoms with van der Waals surface area (Å²) in [6.07, 6.45) is 0. The third-order valence-electron chi connectivity index (χ3n) is 5.15. The number of hydrogen-bond donors (Lipinski definition) is 0. The molecule has 0 atom stereocenters. The Morgan fingerprint density at radius 2 is 1.65 bits per heavy atom. The molecule has 0 bridgehead atoms. The number of rotatable bonds is 6. The molecule has 0 unspecified atom stereocenters. The molecule has 0 aliphatic heterocycles. The molecule has 0 fully saturated rings. The molecule has 0 aliphatic rings. The number of benzene rings is 3. The van der Waals surface area contributed by atoms with Crippen molar-refractivity contribution in [2.24, 2.45) is 0 Å². The number of amides is 1. The van der Waals surface area contributed by atoms with Gasteiger partial charge in [0.2, 0.25) is 5.43 Å². The van der Waals surface area contributed by atoms with Crippen LogP contribution in [0, 0.1) is 6.92 Å². The number of fused-ring (bicyclic) bond motifs is 1. The molecular formula is C26H23NO4. The Morgan fingerprint density at radius 3 is 2.35 bits per heavy atom. The van der Waals surface area contributed by atoms with Gasteiger partial charge < -0.3 is 14.1 Å². The lowest BCUT2D eigenvalue weighted by atomic mass is 10.0. The van der Waals surface area contributed by atoms with Crippen LogP contribution in [0.1, 0.15) is 11.3 Å². The molecule has 4 rings (SSSR count). The first-order valence-corrected chi connectivity index (χ1v) is 10.1. The standard InChI is InChI=1S/C26H23NO4/c1-18-25(20-11-7-4-8-12-20)26(29)22-14-13-21(15-23(22)31-18)30-17-24(28)27(2)16-19-9-5-3-6-10-19/h3-15H,16-17H2,1-2H3. The minimum atomic E-state index is -0.138. The summed E-state index contributed by atoms with van der Waals surface area (Å²) in [6.45, 7) is 2.19. The van der Waals surface area contributed by atoms with Gasteiger partial charge in [0.15, 0.2) is 6.61 Å². The van der Waals surface area contributed by atoms with Gasteiger partial charge in [0.1, 0.15) is 17.1 Å². The molecule has 0 saturated carbocycles. The fourth-order valence-electron chi connectivity index (χ4n) is 3.51. The average Bonchev–Trinajstić information content (AvgIpc) is 2.78. The van der Waals surface area contributed by atoms with Crippen molar-refractivity contribution in [3.8, 4) is 16.9 Å². The molecule has 3 aromatic carbocycles. The first-order chi connectivity index (χ1) is 15.0. The molecule has 0 spiro atoms. The maximum Gasteiger partial charge on any atom is 0.260 e. The number of carbonyl (C=O) groups is 1. The normalized spacial score (nSPS) is 10.8. The number of hydrogen-bond acceptors (Lipinski definition) is 4. The second kappa shape index (κ2) is 8.88. The second-order valence-electron chi connectivity index (χ2n) is 7.41. The highest BCUT2D eigenvalue weighted by Gasteiger charge is 2.15. The van der Waals surface area contributed by atoms with Crippen LogP contribution in [0.2, 0.25) is 0 Å². The number of ether oxygens (including phenoxy) is 1. The molecule has 0 aliphatic carbocycles. The summed E-state index contributed by atoms with van der Waals surface area (Å²) >= 11 is 0. The van der Waals surface area contributed by atoms with E-state index in [0.29, 0.717) is 34.6 Å². The highest BCUT2D eigenvalue weighted by molar-refractivity contribution is 5.84. The maximum absolute atomic E-state index is 13.0. The van der Waals surface area contributed by atoms with Crippen LogP contribution in [0.4, 0.5) is 0 Å². The Kier molecular flexibility index (Phi) is 5.85. The van der Waals surface area contributed by atoms with Crippen molar-refractivity contribution < 1.29 is 13.9 Å². The van der Waals surface area contributed by atoms with Crippen LogP contribution >= 0.6 is 0 Å². The van der Waals surface area contributed by atoms with Crippen LogP contribution in [0.3, 0.4) is 0 Å². The summed E-state index contributed by atoms with van der Waals surface area (Å²) in [5.41, 5.74) is 2.78. The van der Waals surface area contributed by atoms with E-state index in [0.717, 1.165) is 11.1 Å². The van der Waals surface area contributed by atoms with E-state index < -0.39 is 0 Å². The van der Waals surface area contributed by atoms with Crippen LogP contribution in [0.5, 0.6) is 5.75 Å². The van der Waals surface area contributed by atoms with E-state index in [2.05, 4.69) is 0 Å². The van der Waals surface area contributed by atoms with E-state index in [1.807, 2.05) is 60.7 Å². The summed E-state index contributed by atoms with van der Waals surface area (Å²) in [7, 11) is 1.74. The van der Waals surface area contributed by atoms with Crippen molar-refractivity contribution in [2.75, 3.05) is 13.7 Å². The second-order valence-corrected chi connectivity index (χ2v) is 7.41. The molecule has 5 nitrogen and oxygen atoms in total. The van der Waals surface area contributed by atoms with Crippen LogP contribution in [0.25, 0.3) is 22.1 Å². The van der Waals surface area contributed by atoms with Gasteiger partial charge in [-0.2, -0.15) is 0 Å². The van der Waals surface area contributed by atoms with Gasteiger partial charge in [-0.05, 0) is 30.2 Å². The molecule has 1 amide bonds. The van der Waals surface area contributed by atoms with Crippen molar-refractivity contribution in [3.63, 3.8) is 0 Å². The fourth-order valence-corrected chi connectivity index (χ4v) is 3.51. The zero-order chi connectivity index (χ0) is 21.8. The van der Waals surface area contributed by atoms with Crippen molar-refractivity contribution in [3.05, 3.63) is 100 Å².